The third-order valence-electron chi connectivity index (χ3n) is 4.13. The lowest BCUT2D eigenvalue weighted by Crippen LogP contribution is -2.38. The summed E-state index contributed by atoms with van der Waals surface area (Å²) in [4.78, 5) is 0.214. The van der Waals surface area contributed by atoms with Crippen molar-refractivity contribution in [3.63, 3.8) is 0 Å². The third-order valence-corrected chi connectivity index (χ3v) is 6.05. The Balaban J connectivity index is 2.13. The van der Waals surface area contributed by atoms with E-state index < -0.39 is 10.0 Å². The van der Waals surface area contributed by atoms with Crippen molar-refractivity contribution in [2.24, 2.45) is 5.10 Å². The van der Waals surface area contributed by atoms with Crippen LogP contribution in [0, 0.1) is 22.7 Å². The number of benzene rings is 1. The molecule has 0 atom stereocenters. The predicted molar refractivity (Wildman–Crippen MR) is 90.5 cm³/mol. The zero-order valence-corrected chi connectivity index (χ0v) is 14.3. The van der Waals surface area contributed by atoms with Crippen molar-refractivity contribution >= 4 is 21.4 Å². The van der Waals surface area contributed by atoms with Gasteiger partial charge in [0.25, 0.3) is 0 Å². The molecule has 0 heterocycles. The molecule has 1 aliphatic rings. The van der Waals surface area contributed by atoms with Crippen LogP contribution in [0.5, 0.6) is 0 Å². The Morgan fingerprint density at radius 3 is 2.29 bits per heavy atom. The molecule has 1 saturated carbocycles. The minimum absolute atomic E-state index is 0.0555. The van der Waals surface area contributed by atoms with E-state index in [-0.39, 0.29) is 16.6 Å². The molecule has 1 fully saturated rings. The maximum atomic E-state index is 12.7. The number of nitrogens with one attached hydrogen (secondary N) is 1. The molecule has 24 heavy (non-hydrogen) atoms. The highest BCUT2D eigenvalue weighted by Crippen LogP contribution is 2.26. The van der Waals surface area contributed by atoms with Gasteiger partial charge in [-0.25, -0.2) is 8.42 Å². The van der Waals surface area contributed by atoms with Crippen molar-refractivity contribution < 1.29 is 8.42 Å². The number of sulfonamides is 1. The maximum Gasteiger partial charge on any atom is 0.243 e. The van der Waals surface area contributed by atoms with Gasteiger partial charge >= 0.3 is 0 Å². The quantitative estimate of drug-likeness (QED) is 0.651. The van der Waals surface area contributed by atoms with Crippen LogP contribution in [0.3, 0.4) is 0 Å². The van der Waals surface area contributed by atoms with E-state index in [0.29, 0.717) is 5.69 Å². The van der Waals surface area contributed by atoms with Crippen LogP contribution in [0.4, 0.5) is 5.69 Å². The van der Waals surface area contributed by atoms with E-state index in [0.717, 1.165) is 25.7 Å². The molecular formula is C16H19N5O2S. The molecule has 1 aromatic rings. The second kappa shape index (κ2) is 7.91. The van der Waals surface area contributed by atoms with Crippen LogP contribution in [-0.2, 0) is 10.0 Å². The van der Waals surface area contributed by atoms with Gasteiger partial charge in [0.05, 0.1) is 10.6 Å². The van der Waals surface area contributed by atoms with E-state index in [1.165, 1.54) is 22.9 Å². The molecule has 0 aromatic heterocycles. The summed E-state index contributed by atoms with van der Waals surface area (Å²) >= 11 is 0. The lowest BCUT2D eigenvalue weighted by Gasteiger charge is -2.30. The average Bonchev–Trinajstić information content (AvgIpc) is 2.63. The van der Waals surface area contributed by atoms with Gasteiger partial charge in [-0.15, -0.1) is 0 Å². The maximum absolute atomic E-state index is 12.7. The van der Waals surface area contributed by atoms with Gasteiger partial charge in [-0.2, -0.15) is 19.9 Å². The van der Waals surface area contributed by atoms with Crippen LogP contribution >= 0.6 is 0 Å². The van der Waals surface area contributed by atoms with Crippen molar-refractivity contribution in [1.29, 1.82) is 10.5 Å². The lowest BCUT2D eigenvalue weighted by atomic mass is 9.96. The van der Waals surface area contributed by atoms with Gasteiger partial charge in [0.15, 0.2) is 0 Å². The van der Waals surface area contributed by atoms with Gasteiger partial charge < -0.3 is 0 Å². The molecule has 0 bridgehead atoms. The van der Waals surface area contributed by atoms with Crippen molar-refractivity contribution in [3.8, 4) is 12.1 Å². The molecule has 1 aromatic carbocycles. The van der Waals surface area contributed by atoms with E-state index in [1.54, 1.807) is 31.3 Å². The summed E-state index contributed by atoms with van der Waals surface area (Å²) in [5.41, 5.74) is 2.75. The molecule has 7 nitrogen and oxygen atoms in total. The highest BCUT2D eigenvalue weighted by molar-refractivity contribution is 7.89. The van der Waals surface area contributed by atoms with Gasteiger partial charge in [0.2, 0.25) is 15.7 Å². The third kappa shape index (κ3) is 4.10. The summed E-state index contributed by atoms with van der Waals surface area (Å²) in [7, 11) is -1.90. The zero-order chi connectivity index (χ0) is 17.6. The fraction of sp³-hybridized carbons (Fsp3) is 0.438. The molecule has 8 heteroatoms. The molecule has 2 rings (SSSR count). The summed E-state index contributed by atoms with van der Waals surface area (Å²) < 4.78 is 26.9. The smallest absolute Gasteiger partial charge is 0.243 e. The molecule has 0 amide bonds. The second-order valence-electron chi connectivity index (χ2n) is 5.63. The molecule has 0 unspecified atom stereocenters. The fourth-order valence-corrected chi connectivity index (χ4v) is 4.12. The Hall–Kier alpha value is -2.42. The van der Waals surface area contributed by atoms with Crippen molar-refractivity contribution in [2.45, 2.75) is 43.0 Å². The number of rotatable bonds is 5. The predicted octanol–water partition coefficient (Wildman–Crippen LogP) is 2.45. The van der Waals surface area contributed by atoms with Crippen LogP contribution in [0.15, 0.2) is 34.3 Å². The van der Waals surface area contributed by atoms with Gasteiger partial charge in [0, 0.05) is 13.1 Å². The molecular weight excluding hydrogens is 326 g/mol. The van der Waals surface area contributed by atoms with E-state index in [1.807, 2.05) is 0 Å². The van der Waals surface area contributed by atoms with Crippen molar-refractivity contribution in [2.75, 3.05) is 12.5 Å². The molecule has 126 valence electrons. The Morgan fingerprint density at radius 1 is 1.17 bits per heavy atom. The number of hydrazone groups is 1. The number of hydrogen-bond donors (Lipinski definition) is 1. The topological polar surface area (TPSA) is 109 Å². The minimum Gasteiger partial charge on any atom is -0.277 e. The molecule has 0 saturated heterocycles. The molecule has 1 N–H and O–H groups in total. The summed E-state index contributed by atoms with van der Waals surface area (Å²) in [5.74, 6) is 0. The molecule has 0 spiro atoms. The minimum atomic E-state index is -3.53. The second-order valence-corrected chi connectivity index (χ2v) is 7.63. The van der Waals surface area contributed by atoms with E-state index in [9.17, 15) is 8.42 Å². The zero-order valence-electron chi connectivity index (χ0n) is 13.4. The van der Waals surface area contributed by atoms with Gasteiger partial charge in [-0.3, -0.25) is 5.43 Å². The van der Waals surface area contributed by atoms with Gasteiger partial charge in [-0.1, -0.05) is 19.3 Å². The fourth-order valence-electron chi connectivity index (χ4n) is 2.70. The van der Waals surface area contributed by atoms with Crippen LogP contribution in [-0.4, -0.2) is 31.5 Å². The number of hydrogen-bond acceptors (Lipinski definition) is 6. The first kappa shape index (κ1) is 17.9. The summed E-state index contributed by atoms with van der Waals surface area (Å²) in [6.07, 6.45) is 5.08. The number of anilines is 1. The molecule has 0 aliphatic heterocycles. The largest absolute Gasteiger partial charge is 0.277 e. The van der Waals surface area contributed by atoms with Gasteiger partial charge in [0.1, 0.15) is 12.1 Å². The SMILES string of the molecule is CN(C1CCCCC1)S(=O)(=O)c1ccc(NN=C(C#N)C#N)cc1. The highest BCUT2D eigenvalue weighted by Gasteiger charge is 2.28. The first-order valence-electron chi connectivity index (χ1n) is 7.71. The first-order chi connectivity index (χ1) is 11.5. The first-order valence-corrected chi connectivity index (χ1v) is 9.15. The van der Waals surface area contributed by atoms with E-state index >= 15 is 0 Å². The Morgan fingerprint density at radius 2 is 1.75 bits per heavy atom. The van der Waals surface area contributed by atoms with Crippen LogP contribution in [0.2, 0.25) is 0 Å². The standard InChI is InChI=1S/C16H19N5O2S/c1-21(15-5-3-2-4-6-15)24(22,23)16-9-7-13(8-10-16)19-20-14(11-17)12-18/h7-10,15,19H,2-6H2,1H3. The molecule has 1 aliphatic carbocycles. The lowest BCUT2D eigenvalue weighted by molar-refractivity contribution is 0.286. The summed E-state index contributed by atoms with van der Waals surface area (Å²) in [5, 5.41) is 20.8. The van der Waals surface area contributed by atoms with Crippen LogP contribution in [0.25, 0.3) is 0 Å². The van der Waals surface area contributed by atoms with Crippen LogP contribution in [0.1, 0.15) is 32.1 Å². The van der Waals surface area contributed by atoms with E-state index in [4.69, 9.17) is 10.5 Å². The Kier molecular flexibility index (Phi) is 5.91. The molecule has 0 radical (unpaired) electrons. The Bertz CT molecular complexity index is 765. The normalized spacial score (nSPS) is 15.3. The van der Waals surface area contributed by atoms with Crippen molar-refractivity contribution in [3.05, 3.63) is 24.3 Å². The van der Waals surface area contributed by atoms with Gasteiger partial charge in [-0.05, 0) is 37.1 Å². The monoisotopic (exact) mass is 345 g/mol. The van der Waals surface area contributed by atoms with Crippen LogP contribution < -0.4 is 5.43 Å². The Labute approximate surface area is 142 Å². The summed E-state index contributed by atoms with van der Waals surface area (Å²) in [6, 6.07) is 9.41. The number of nitrogens with zero attached hydrogens (tertiary/aromatic N) is 4. The van der Waals surface area contributed by atoms with E-state index in [2.05, 4.69) is 10.5 Å². The van der Waals surface area contributed by atoms with Crippen molar-refractivity contribution in [1.82, 2.24) is 4.31 Å². The highest BCUT2D eigenvalue weighted by atomic mass is 32.2. The average molecular weight is 345 g/mol. The number of nitriles is 2. The summed E-state index contributed by atoms with van der Waals surface area (Å²) in [6.45, 7) is 0.